The van der Waals surface area contributed by atoms with E-state index >= 15 is 0 Å². The maximum absolute atomic E-state index is 13.3. The summed E-state index contributed by atoms with van der Waals surface area (Å²) in [5.41, 5.74) is 2.52. The topological polar surface area (TPSA) is 94.7 Å². The standard InChI is InChI=1S/C28H23N3O5/c1-27-28(34,12-20(32)35-2)11-19(36-27)30-17-9-5-3-7-14(17)22-23-16(13-29-26(23)33)21-15-8-4-6-10-18(15)31(27)25(21)24(22)30/h3-10,19,34H,11-13H2,1-2H3,(H,29,33)/t19?,27-,28-/m1/s1. The summed E-state index contributed by atoms with van der Waals surface area (Å²) >= 11 is 0. The van der Waals surface area contributed by atoms with E-state index in [-0.39, 0.29) is 18.7 Å². The van der Waals surface area contributed by atoms with E-state index in [4.69, 9.17) is 9.47 Å². The average Bonchev–Trinajstić information content (AvgIpc) is 3.56. The third-order valence-corrected chi connectivity index (χ3v) is 8.64. The molecule has 0 saturated carbocycles. The molecule has 2 aromatic heterocycles. The number of aliphatic hydroxyl groups is 1. The van der Waals surface area contributed by atoms with Crippen LogP contribution < -0.4 is 5.32 Å². The second-order valence-corrected chi connectivity index (χ2v) is 10.3. The molecule has 8 nitrogen and oxygen atoms in total. The zero-order valence-corrected chi connectivity index (χ0v) is 19.8. The first-order chi connectivity index (χ1) is 17.4. The highest BCUT2D eigenvalue weighted by atomic mass is 16.6. The number of para-hydroxylation sites is 2. The number of carbonyl (C=O) groups is 2. The van der Waals surface area contributed by atoms with E-state index in [2.05, 4.69) is 14.5 Å². The van der Waals surface area contributed by atoms with Gasteiger partial charge in [0.25, 0.3) is 5.91 Å². The van der Waals surface area contributed by atoms with E-state index in [1.54, 1.807) is 0 Å². The van der Waals surface area contributed by atoms with Crippen LogP contribution in [-0.2, 0) is 26.5 Å². The number of hydrogen-bond acceptors (Lipinski definition) is 5. The Labute approximate surface area is 205 Å². The highest BCUT2D eigenvalue weighted by molar-refractivity contribution is 6.31. The number of esters is 1. The quantitative estimate of drug-likeness (QED) is 0.371. The molecule has 36 heavy (non-hydrogen) atoms. The van der Waals surface area contributed by atoms with Crippen molar-refractivity contribution in [3.63, 3.8) is 0 Å². The third kappa shape index (κ3) is 2.07. The number of methoxy groups -OCH3 is 1. The third-order valence-electron chi connectivity index (χ3n) is 8.64. The first-order valence-electron chi connectivity index (χ1n) is 12.1. The van der Waals surface area contributed by atoms with Gasteiger partial charge >= 0.3 is 5.97 Å². The largest absolute Gasteiger partial charge is 0.469 e. The van der Waals surface area contributed by atoms with Gasteiger partial charge in [-0.1, -0.05) is 36.4 Å². The molecule has 1 saturated heterocycles. The molecule has 0 spiro atoms. The summed E-state index contributed by atoms with van der Waals surface area (Å²) < 4.78 is 16.0. The molecule has 8 heteroatoms. The maximum Gasteiger partial charge on any atom is 0.308 e. The summed E-state index contributed by atoms with van der Waals surface area (Å²) in [6.07, 6.45) is -0.549. The second kappa shape index (κ2) is 6.27. The lowest BCUT2D eigenvalue weighted by atomic mass is 9.85. The number of aromatic nitrogens is 2. The van der Waals surface area contributed by atoms with E-state index in [1.807, 2.05) is 55.5 Å². The van der Waals surface area contributed by atoms with Crippen molar-refractivity contribution in [3.8, 4) is 0 Å². The van der Waals surface area contributed by atoms with Crippen LogP contribution in [0.25, 0.3) is 43.6 Å². The number of hydrogen-bond donors (Lipinski definition) is 2. The van der Waals surface area contributed by atoms with Crippen LogP contribution in [-0.4, -0.2) is 38.8 Å². The van der Waals surface area contributed by atoms with Gasteiger partial charge in [0.15, 0.2) is 5.72 Å². The lowest BCUT2D eigenvalue weighted by Gasteiger charge is -2.39. The molecule has 1 amide bonds. The number of ether oxygens (including phenoxy) is 2. The number of carbonyl (C=O) groups excluding carboxylic acids is 2. The Morgan fingerprint density at radius 3 is 2.56 bits per heavy atom. The SMILES string of the molecule is COC(=O)C[C@]1(O)CC2O[C@@]1(C)n1c3ccccc3c3c4c(c5c6ccccc6n2c5c31)C(=O)NC4. The van der Waals surface area contributed by atoms with Gasteiger partial charge in [-0.2, -0.15) is 0 Å². The summed E-state index contributed by atoms with van der Waals surface area (Å²) in [6.45, 7) is 2.29. The van der Waals surface area contributed by atoms with E-state index in [0.29, 0.717) is 12.1 Å². The minimum absolute atomic E-state index is 0.0737. The van der Waals surface area contributed by atoms with Crippen molar-refractivity contribution in [1.82, 2.24) is 14.5 Å². The van der Waals surface area contributed by atoms with Crippen molar-refractivity contribution in [3.05, 3.63) is 59.7 Å². The van der Waals surface area contributed by atoms with Crippen molar-refractivity contribution in [2.75, 3.05) is 7.11 Å². The fourth-order valence-electron chi connectivity index (χ4n) is 7.07. The summed E-state index contributed by atoms with van der Waals surface area (Å²) in [4.78, 5) is 25.8. The Kier molecular flexibility index (Phi) is 3.54. The Morgan fingerprint density at radius 2 is 1.81 bits per heavy atom. The molecule has 3 atom stereocenters. The van der Waals surface area contributed by atoms with Gasteiger partial charge in [-0.25, -0.2) is 0 Å². The second-order valence-electron chi connectivity index (χ2n) is 10.3. The minimum atomic E-state index is -1.53. The van der Waals surface area contributed by atoms with Gasteiger partial charge in [0.05, 0.1) is 41.2 Å². The van der Waals surface area contributed by atoms with Gasteiger partial charge in [0, 0.05) is 34.5 Å². The van der Waals surface area contributed by atoms with E-state index in [9.17, 15) is 14.7 Å². The fraction of sp³-hybridized carbons (Fsp3) is 0.286. The van der Waals surface area contributed by atoms with Crippen molar-refractivity contribution in [2.24, 2.45) is 0 Å². The number of nitrogens with one attached hydrogen (secondary N) is 1. The average molecular weight is 482 g/mol. The molecule has 180 valence electrons. The zero-order valence-electron chi connectivity index (χ0n) is 19.8. The summed E-state index contributed by atoms with van der Waals surface area (Å²) in [6, 6.07) is 16.0. The Hall–Kier alpha value is -3.88. The molecule has 8 rings (SSSR count). The summed E-state index contributed by atoms with van der Waals surface area (Å²) in [5.74, 6) is -0.567. The zero-order chi connectivity index (χ0) is 24.6. The predicted octanol–water partition coefficient (Wildman–Crippen LogP) is 4.05. The summed E-state index contributed by atoms with van der Waals surface area (Å²) in [5, 5.41) is 19.1. The predicted molar refractivity (Wildman–Crippen MR) is 134 cm³/mol. The van der Waals surface area contributed by atoms with E-state index in [1.165, 1.54) is 7.11 Å². The van der Waals surface area contributed by atoms with Crippen LogP contribution >= 0.6 is 0 Å². The highest BCUT2D eigenvalue weighted by Gasteiger charge is 2.61. The molecule has 2 N–H and O–H groups in total. The fourth-order valence-corrected chi connectivity index (χ4v) is 7.07. The molecule has 5 aromatic rings. The monoisotopic (exact) mass is 481 g/mol. The molecular weight excluding hydrogens is 458 g/mol. The molecule has 0 aliphatic carbocycles. The van der Waals surface area contributed by atoms with Gasteiger partial charge in [-0.05, 0) is 24.6 Å². The lowest BCUT2D eigenvalue weighted by Crippen LogP contribution is -2.51. The maximum atomic E-state index is 13.3. The summed E-state index contributed by atoms with van der Waals surface area (Å²) in [7, 11) is 1.33. The van der Waals surface area contributed by atoms with Crippen LogP contribution in [0.4, 0.5) is 0 Å². The molecule has 5 heterocycles. The first kappa shape index (κ1) is 20.3. The number of nitrogens with zero attached hydrogens (tertiary/aromatic N) is 2. The van der Waals surface area contributed by atoms with E-state index < -0.39 is 23.5 Å². The number of rotatable bonds is 2. The molecular formula is C28H23N3O5. The first-order valence-corrected chi connectivity index (χ1v) is 12.1. The normalized spacial score (nSPS) is 26.3. The number of fused-ring (bicyclic) bond motifs is 13. The van der Waals surface area contributed by atoms with Crippen LogP contribution in [0, 0.1) is 0 Å². The van der Waals surface area contributed by atoms with Crippen LogP contribution in [0.1, 0.15) is 41.9 Å². The Morgan fingerprint density at radius 1 is 1.11 bits per heavy atom. The van der Waals surface area contributed by atoms with Gasteiger partial charge < -0.3 is 29.0 Å². The molecule has 2 bridgehead atoms. The van der Waals surface area contributed by atoms with Gasteiger partial charge in [0.2, 0.25) is 0 Å². The van der Waals surface area contributed by atoms with Crippen molar-refractivity contribution >= 4 is 55.5 Å². The molecule has 3 aliphatic rings. The lowest BCUT2D eigenvalue weighted by molar-refractivity contribution is -0.187. The minimum Gasteiger partial charge on any atom is -0.469 e. The van der Waals surface area contributed by atoms with E-state index in [0.717, 1.165) is 49.2 Å². The molecule has 3 aliphatic heterocycles. The van der Waals surface area contributed by atoms with Crippen molar-refractivity contribution in [1.29, 1.82) is 0 Å². The molecule has 3 aromatic carbocycles. The molecule has 1 unspecified atom stereocenters. The Balaban J connectivity index is 1.67. The highest BCUT2D eigenvalue weighted by Crippen LogP contribution is 2.58. The van der Waals surface area contributed by atoms with Crippen LogP contribution in [0.15, 0.2) is 48.5 Å². The van der Waals surface area contributed by atoms with Crippen molar-refractivity contribution in [2.45, 2.75) is 43.9 Å². The number of amides is 1. The van der Waals surface area contributed by atoms with Crippen LogP contribution in [0.2, 0.25) is 0 Å². The van der Waals surface area contributed by atoms with Crippen LogP contribution in [0.3, 0.4) is 0 Å². The smallest absolute Gasteiger partial charge is 0.308 e. The van der Waals surface area contributed by atoms with Gasteiger partial charge in [-0.15, -0.1) is 0 Å². The Bertz CT molecular complexity index is 1850. The van der Waals surface area contributed by atoms with Crippen LogP contribution in [0.5, 0.6) is 0 Å². The van der Waals surface area contributed by atoms with Crippen molar-refractivity contribution < 1.29 is 24.2 Å². The molecule has 1 fully saturated rings. The number of benzene rings is 3. The van der Waals surface area contributed by atoms with Gasteiger partial charge in [-0.3, -0.25) is 9.59 Å². The van der Waals surface area contributed by atoms with Gasteiger partial charge in [0.1, 0.15) is 11.8 Å². The molecule has 0 radical (unpaired) electrons.